The summed E-state index contributed by atoms with van der Waals surface area (Å²) in [4.78, 5) is 24.2. The van der Waals surface area contributed by atoms with Gasteiger partial charge < -0.3 is 5.11 Å². The number of carboxylic acids is 1. The van der Waals surface area contributed by atoms with E-state index in [4.69, 9.17) is 5.11 Å². The van der Waals surface area contributed by atoms with Gasteiger partial charge >= 0.3 is 5.97 Å². The normalized spacial score (nSPS) is 10.8. The second-order valence-electron chi connectivity index (χ2n) is 5.18. The second-order valence-corrected chi connectivity index (χ2v) is 6.13. The van der Waals surface area contributed by atoms with Crippen LogP contribution in [0.3, 0.4) is 0 Å². The van der Waals surface area contributed by atoms with Gasteiger partial charge in [-0.1, -0.05) is 48.5 Å². The van der Waals surface area contributed by atoms with Crippen molar-refractivity contribution in [3.8, 4) is 10.4 Å². The highest BCUT2D eigenvalue weighted by Crippen LogP contribution is 2.24. The molecule has 0 amide bonds. The van der Waals surface area contributed by atoms with Crippen LogP contribution < -0.4 is 0 Å². The van der Waals surface area contributed by atoms with E-state index in [1.165, 1.54) is 23.1 Å². The van der Waals surface area contributed by atoms with E-state index in [-0.39, 0.29) is 11.3 Å². The van der Waals surface area contributed by atoms with Crippen LogP contribution in [0.2, 0.25) is 0 Å². The molecule has 0 aliphatic heterocycles. The van der Waals surface area contributed by atoms with Crippen molar-refractivity contribution in [2.24, 2.45) is 0 Å². The molecule has 0 unspecified atom stereocenters. The molecule has 4 heteroatoms. The van der Waals surface area contributed by atoms with Crippen LogP contribution in [0.15, 0.2) is 72.1 Å². The number of carbonyl (C=O) groups is 2. The molecule has 1 N–H and O–H groups in total. The van der Waals surface area contributed by atoms with Gasteiger partial charge in [0, 0.05) is 10.4 Å². The second kappa shape index (κ2) is 7.06. The lowest BCUT2D eigenvalue weighted by molar-refractivity contribution is 0.0696. The lowest BCUT2D eigenvalue weighted by Gasteiger charge is -2.00. The molecular formula is C20H14O3S. The molecular weight excluding hydrogens is 320 g/mol. The fourth-order valence-corrected chi connectivity index (χ4v) is 2.98. The van der Waals surface area contributed by atoms with Crippen LogP contribution in [0.1, 0.15) is 26.3 Å². The summed E-state index contributed by atoms with van der Waals surface area (Å²) in [6.07, 6.45) is 3.18. The Labute approximate surface area is 143 Å². The molecule has 2 aromatic carbocycles. The lowest BCUT2D eigenvalue weighted by Crippen LogP contribution is -1.95. The van der Waals surface area contributed by atoms with Gasteiger partial charge in [0.1, 0.15) is 0 Å². The summed E-state index contributed by atoms with van der Waals surface area (Å²) in [5.41, 5.74) is 2.72. The summed E-state index contributed by atoms with van der Waals surface area (Å²) in [6.45, 7) is 0. The quantitative estimate of drug-likeness (QED) is 0.527. The predicted molar refractivity (Wildman–Crippen MR) is 96.5 cm³/mol. The van der Waals surface area contributed by atoms with E-state index in [0.717, 1.165) is 11.1 Å². The van der Waals surface area contributed by atoms with Gasteiger partial charge in [-0.3, -0.25) is 4.79 Å². The maximum Gasteiger partial charge on any atom is 0.335 e. The molecule has 3 aromatic rings. The van der Waals surface area contributed by atoms with Crippen LogP contribution >= 0.6 is 11.3 Å². The van der Waals surface area contributed by atoms with Crippen molar-refractivity contribution >= 4 is 29.2 Å². The van der Waals surface area contributed by atoms with Gasteiger partial charge in [0.2, 0.25) is 0 Å². The Hall–Kier alpha value is -2.98. The Bertz CT molecular complexity index is 874. The molecule has 24 heavy (non-hydrogen) atoms. The standard InChI is InChI=1S/C20H14O3S/c21-18(12-5-14-3-6-17(7-4-14)20(22)23)15-8-10-16(11-9-15)19-2-1-13-24-19/h1-13H,(H,22,23). The van der Waals surface area contributed by atoms with E-state index in [0.29, 0.717) is 5.56 Å². The molecule has 0 radical (unpaired) electrons. The number of rotatable bonds is 5. The highest BCUT2D eigenvalue weighted by Gasteiger charge is 2.04. The van der Waals surface area contributed by atoms with E-state index in [2.05, 4.69) is 0 Å². The Balaban J connectivity index is 1.71. The first-order chi connectivity index (χ1) is 11.6. The molecule has 0 fully saturated rings. The minimum Gasteiger partial charge on any atom is -0.478 e. The zero-order valence-electron chi connectivity index (χ0n) is 12.7. The van der Waals surface area contributed by atoms with Gasteiger partial charge in [0.05, 0.1) is 5.56 Å². The van der Waals surface area contributed by atoms with Crippen molar-refractivity contribution in [1.29, 1.82) is 0 Å². The van der Waals surface area contributed by atoms with Crippen molar-refractivity contribution in [2.75, 3.05) is 0 Å². The topological polar surface area (TPSA) is 54.4 Å². The van der Waals surface area contributed by atoms with E-state index in [1.807, 2.05) is 41.8 Å². The van der Waals surface area contributed by atoms with Crippen molar-refractivity contribution < 1.29 is 14.7 Å². The minimum atomic E-state index is -0.965. The maximum atomic E-state index is 12.2. The first kappa shape index (κ1) is 15.9. The van der Waals surface area contributed by atoms with E-state index >= 15 is 0 Å². The largest absolute Gasteiger partial charge is 0.478 e. The molecule has 0 saturated carbocycles. The van der Waals surface area contributed by atoms with E-state index in [9.17, 15) is 9.59 Å². The molecule has 0 atom stereocenters. The first-order valence-corrected chi connectivity index (χ1v) is 8.21. The van der Waals surface area contributed by atoms with E-state index < -0.39 is 5.97 Å². The molecule has 0 spiro atoms. The fourth-order valence-electron chi connectivity index (χ4n) is 2.25. The number of carbonyl (C=O) groups excluding carboxylic acids is 1. The SMILES string of the molecule is O=C(O)c1ccc(C=CC(=O)c2ccc(-c3cccs3)cc2)cc1. The van der Waals surface area contributed by atoms with Crippen LogP contribution in [-0.2, 0) is 0 Å². The van der Waals surface area contributed by atoms with E-state index in [1.54, 1.807) is 29.5 Å². The minimum absolute atomic E-state index is 0.0879. The number of hydrogen-bond donors (Lipinski definition) is 1. The molecule has 0 aliphatic carbocycles. The molecule has 1 heterocycles. The number of aromatic carboxylic acids is 1. The summed E-state index contributed by atoms with van der Waals surface area (Å²) in [6, 6.07) is 17.9. The summed E-state index contributed by atoms with van der Waals surface area (Å²) < 4.78 is 0. The number of carboxylic acid groups (broad SMARTS) is 1. The third-order valence-corrected chi connectivity index (χ3v) is 4.48. The maximum absolute atomic E-state index is 12.2. The van der Waals surface area contributed by atoms with Crippen LogP contribution in [0, 0.1) is 0 Å². The lowest BCUT2D eigenvalue weighted by atomic mass is 10.1. The van der Waals surface area contributed by atoms with Crippen molar-refractivity contribution in [1.82, 2.24) is 0 Å². The third-order valence-electron chi connectivity index (χ3n) is 3.56. The monoisotopic (exact) mass is 334 g/mol. The summed E-state index contributed by atoms with van der Waals surface area (Å²) >= 11 is 1.66. The summed E-state index contributed by atoms with van der Waals surface area (Å²) in [5.74, 6) is -1.05. The zero-order valence-corrected chi connectivity index (χ0v) is 13.5. The number of hydrogen-bond acceptors (Lipinski definition) is 3. The molecule has 3 nitrogen and oxygen atoms in total. The Morgan fingerprint density at radius 3 is 2.12 bits per heavy atom. The molecule has 118 valence electrons. The van der Waals surface area contributed by atoms with Crippen LogP contribution in [0.5, 0.6) is 0 Å². The number of thiophene rings is 1. The third kappa shape index (κ3) is 3.67. The summed E-state index contributed by atoms with van der Waals surface area (Å²) in [7, 11) is 0. The number of ketones is 1. The molecule has 3 rings (SSSR count). The van der Waals surface area contributed by atoms with Gasteiger partial charge in [0.25, 0.3) is 0 Å². The van der Waals surface area contributed by atoms with Crippen molar-refractivity contribution in [3.63, 3.8) is 0 Å². The Morgan fingerprint density at radius 2 is 1.54 bits per heavy atom. The average Bonchev–Trinajstić information content (AvgIpc) is 3.15. The number of allylic oxidation sites excluding steroid dienone is 1. The number of benzene rings is 2. The fraction of sp³-hybridized carbons (Fsp3) is 0. The predicted octanol–water partition coefficient (Wildman–Crippen LogP) is 5.01. The average molecular weight is 334 g/mol. The Kier molecular flexibility index (Phi) is 4.68. The zero-order chi connectivity index (χ0) is 16.9. The van der Waals surface area contributed by atoms with Crippen LogP contribution in [0.25, 0.3) is 16.5 Å². The van der Waals surface area contributed by atoms with Gasteiger partial charge in [-0.15, -0.1) is 11.3 Å². The summed E-state index contributed by atoms with van der Waals surface area (Å²) in [5, 5.41) is 10.9. The van der Waals surface area contributed by atoms with Crippen LogP contribution in [0.4, 0.5) is 0 Å². The van der Waals surface area contributed by atoms with Gasteiger partial charge in [0.15, 0.2) is 5.78 Å². The smallest absolute Gasteiger partial charge is 0.335 e. The van der Waals surface area contributed by atoms with Gasteiger partial charge in [-0.05, 0) is 40.8 Å². The highest BCUT2D eigenvalue weighted by atomic mass is 32.1. The Morgan fingerprint density at radius 1 is 0.875 bits per heavy atom. The molecule has 0 saturated heterocycles. The van der Waals surface area contributed by atoms with Crippen molar-refractivity contribution in [2.45, 2.75) is 0 Å². The van der Waals surface area contributed by atoms with Crippen molar-refractivity contribution in [3.05, 3.63) is 88.8 Å². The van der Waals surface area contributed by atoms with Gasteiger partial charge in [-0.2, -0.15) is 0 Å². The molecule has 0 aliphatic rings. The van der Waals surface area contributed by atoms with Gasteiger partial charge in [-0.25, -0.2) is 4.79 Å². The first-order valence-electron chi connectivity index (χ1n) is 7.33. The molecule has 1 aromatic heterocycles. The highest BCUT2D eigenvalue weighted by molar-refractivity contribution is 7.13. The molecule has 0 bridgehead atoms. The van der Waals surface area contributed by atoms with Crippen LogP contribution in [-0.4, -0.2) is 16.9 Å².